The van der Waals surface area contributed by atoms with Gasteiger partial charge >= 0.3 is 5.97 Å². The van der Waals surface area contributed by atoms with E-state index in [2.05, 4.69) is 26.2 Å². The highest BCUT2D eigenvalue weighted by Crippen LogP contribution is 2.41. The molecule has 0 radical (unpaired) electrons. The van der Waals surface area contributed by atoms with Crippen LogP contribution in [-0.2, 0) is 22.4 Å². The lowest BCUT2D eigenvalue weighted by Gasteiger charge is -2.22. The van der Waals surface area contributed by atoms with Crippen LogP contribution in [0.1, 0.15) is 56.7 Å². The Labute approximate surface area is 212 Å². The van der Waals surface area contributed by atoms with Crippen LogP contribution in [0, 0.1) is 0 Å². The van der Waals surface area contributed by atoms with Crippen LogP contribution in [0.4, 0.5) is 5.00 Å². The maximum atomic E-state index is 13.2. The van der Waals surface area contributed by atoms with Crippen molar-refractivity contribution >= 4 is 62.9 Å². The summed E-state index contributed by atoms with van der Waals surface area (Å²) in [6.07, 6.45) is 5.42. The molecular weight excluding hydrogens is 488 g/mol. The SMILES string of the molecule is C=C.CC/C=C\SCC1=Nc2sc3c(c2CC(=O)N1CCOC(=O)c1cccs1)CCCC3=O. The van der Waals surface area contributed by atoms with Gasteiger partial charge in [0.25, 0.3) is 0 Å². The van der Waals surface area contributed by atoms with Gasteiger partial charge in [0.15, 0.2) is 5.78 Å². The summed E-state index contributed by atoms with van der Waals surface area (Å²) in [5.41, 5.74) is 1.90. The molecule has 1 amide bonds. The number of allylic oxidation sites excluding steroid dienone is 1. The van der Waals surface area contributed by atoms with E-state index in [4.69, 9.17) is 9.73 Å². The summed E-state index contributed by atoms with van der Waals surface area (Å²) in [6, 6.07) is 3.52. The third-order valence-corrected chi connectivity index (χ3v) is 8.13. The first-order valence-electron chi connectivity index (χ1n) is 11.1. The number of carbonyl (C=O) groups is 3. The number of ketones is 1. The molecule has 34 heavy (non-hydrogen) atoms. The van der Waals surface area contributed by atoms with Crippen molar-refractivity contribution in [1.82, 2.24) is 4.90 Å². The average molecular weight is 517 g/mol. The molecule has 2 aromatic heterocycles. The maximum Gasteiger partial charge on any atom is 0.348 e. The number of fused-ring (bicyclic) bond motifs is 3. The smallest absolute Gasteiger partial charge is 0.348 e. The second kappa shape index (κ2) is 12.8. The van der Waals surface area contributed by atoms with E-state index in [1.165, 1.54) is 22.7 Å². The number of hydrogen-bond acceptors (Lipinski definition) is 8. The molecule has 0 spiro atoms. The number of thioether (sulfide) groups is 1. The lowest BCUT2D eigenvalue weighted by atomic mass is 9.93. The Hall–Kier alpha value is -2.49. The Kier molecular flexibility index (Phi) is 9.86. The summed E-state index contributed by atoms with van der Waals surface area (Å²) in [5.74, 6) is 0.863. The summed E-state index contributed by atoms with van der Waals surface area (Å²) in [7, 11) is 0. The van der Waals surface area contributed by atoms with E-state index in [1.54, 1.807) is 28.8 Å². The number of rotatable bonds is 8. The fourth-order valence-electron chi connectivity index (χ4n) is 3.70. The molecule has 180 valence electrons. The quantitative estimate of drug-likeness (QED) is 0.315. The Morgan fingerprint density at radius 3 is 2.85 bits per heavy atom. The highest BCUT2D eigenvalue weighted by Gasteiger charge is 2.32. The Morgan fingerprint density at radius 1 is 1.29 bits per heavy atom. The molecule has 3 heterocycles. The lowest BCUT2D eigenvalue weighted by molar-refractivity contribution is -0.127. The van der Waals surface area contributed by atoms with Crippen LogP contribution in [0.15, 0.2) is 47.1 Å². The highest BCUT2D eigenvalue weighted by atomic mass is 32.2. The zero-order valence-corrected chi connectivity index (χ0v) is 21.7. The molecule has 0 saturated carbocycles. The lowest BCUT2D eigenvalue weighted by Crippen LogP contribution is -2.40. The minimum absolute atomic E-state index is 0.0756. The van der Waals surface area contributed by atoms with Crippen molar-refractivity contribution in [2.24, 2.45) is 4.99 Å². The molecule has 0 N–H and O–H groups in total. The predicted octanol–water partition coefficient (Wildman–Crippen LogP) is 6.06. The average Bonchev–Trinajstić information content (AvgIpc) is 3.47. The van der Waals surface area contributed by atoms with Crippen molar-refractivity contribution in [2.75, 3.05) is 18.9 Å². The molecule has 0 bridgehead atoms. The maximum absolute atomic E-state index is 13.2. The van der Waals surface area contributed by atoms with Crippen LogP contribution >= 0.6 is 34.4 Å². The number of Topliss-reactive ketones (excluding diaryl/α,β-unsaturated/α-hetero) is 1. The standard InChI is InChI=1S/C23H24N2O4S3.C2H4/c1-2-3-11-30-14-19-24-22-16(15-6-4-7-17(26)21(15)32-22)13-20(27)25(19)9-10-29-23(28)18-8-5-12-31-18;1-2/h3,5,8,11-12H,2,4,6-7,9-10,13-14H2,1H3;1-2H2/b11-3-;. The van der Waals surface area contributed by atoms with Gasteiger partial charge in [0, 0.05) is 12.0 Å². The third kappa shape index (κ3) is 6.14. The molecule has 0 fully saturated rings. The molecule has 1 aliphatic carbocycles. The van der Waals surface area contributed by atoms with E-state index in [1.807, 2.05) is 10.8 Å². The second-order valence-corrected chi connectivity index (χ2v) is 10.3. The molecule has 0 aromatic carbocycles. The van der Waals surface area contributed by atoms with Gasteiger partial charge in [-0.1, -0.05) is 19.1 Å². The van der Waals surface area contributed by atoms with Gasteiger partial charge in [-0.15, -0.1) is 47.6 Å². The van der Waals surface area contributed by atoms with E-state index in [9.17, 15) is 14.4 Å². The van der Waals surface area contributed by atoms with E-state index in [0.29, 0.717) is 22.9 Å². The van der Waals surface area contributed by atoms with Gasteiger partial charge in [0.1, 0.15) is 22.3 Å². The number of amidine groups is 1. The zero-order chi connectivity index (χ0) is 24.5. The number of nitrogens with zero attached hydrogens (tertiary/aromatic N) is 2. The number of carbonyl (C=O) groups excluding carboxylic acids is 3. The molecule has 9 heteroatoms. The van der Waals surface area contributed by atoms with Crippen molar-refractivity contribution in [3.63, 3.8) is 0 Å². The van der Waals surface area contributed by atoms with E-state index in [-0.39, 0.29) is 37.2 Å². The fourth-order valence-corrected chi connectivity index (χ4v) is 6.34. The Bertz CT molecular complexity index is 1090. The van der Waals surface area contributed by atoms with Gasteiger partial charge in [-0.2, -0.15) is 0 Å². The van der Waals surface area contributed by atoms with Crippen molar-refractivity contribution in [2.45, 2.75) is 39.0 Å². The largest absolute Gasteiger partial charge is 0.460 e. The van der Waals surface area contributed by atoms with Crippen molar-refractivity contribution in [1.29, 1.82) is 0 Å². The van der Waals surface area contributed by atoms with Crippen LogP contribution in [0.25, 0.3) is 0 Å². The molecule has 0 atom stereocenters. The molecule has 4 rings (SSSR count). The molecule has 2 aliphatic rings. The first kappa shape index (κ1) is 26.1. The number of aliphatic imine (C=N–C) groups is 1. The van der Waals surface area contributed by atoms with E-state index < -0.39 is 0 Å². The van der Waals surface area contributed by atoms with Crippen LogP contribution in [0.3, 0.4) is 0 Å². The summed E-state index contributed by atoms with van der Waals surface area (Å²) >= 11 is 4.31. The molecule has 0 saturated heterocycles. The molecule has 2 aromatic rings. The van der Waals surface area contributed by atoms with Crippen molar-refractivity contribution < 1.29 is 19.1 Å². The molecule has 1 aliphatic heterocycles. The number of amides is 1. The van der Waals surface area contributed by atoms with Crippen molar-refractivity contribution in [3.8, 4) is 0 Å². The monoisotopic (exact) mass is 516 g/mol. The van der Waals surface area contributed by atoms with Crippen LogP contribution in [-0.4, -0.2) is 47.3 Å². The van der Waals surface area contributed by atoms with Gasteiger partial charge in [0.2, 0.25) is 5.91 Å². The minimum Gasteiger partial charge on any atom is -0.460 e. The Morgan fingerprint density at radius 2 is 2.12 bits per heavy atom. The van der Waals surface area contributed by atoms with Gasteiger partial charge in [0.05, 0.1) is 23.6 Å². The molecule has 0 unspecified atom stereocenters. The van der Waals surface area contributed by atoms with Gasteiger partial charge < -0.3 is 4.74 Å². The fraction of sp³-hybridized carbons (Fsp3) is 0.360. The third-order valence-electron chi connectivity index (χ3n) is 5.26. The van der Waals surface area contributed by atoms with Gasteiger partial charge in [-0.25, -0.2) is 9.79 Å². The zero-order valence-electron chi connectivity index (χ0n) is 19.2. The van der Waals surface area contributed by atoms with Gasteiger partial charge in [-0.05, 0) is 41.7 Å². The predicted molar refractivity (Wildman–Crippen MR) is 142 cm³/mol. The molecular formula is C25H28N2O4S3. The summed E-state index contributed by atoms with van der Waals surface area (Å²) in [5, 5.41) is 4.60. The highest BCUT2D eigenvalue weighted by molar-refractivity contribution is 8.02. The summed E-state index contributed by atoms with van der Waals surface area (Å²) in [4.78, 5) is 45.6. The van der Waals surface area contributed by atoms with Crippen LogP contribution in [0.5, 0.6) is 0 Å². The number of thiophene rings is 2. The summed E-state index contributed by atoms with van der Waals surface area (Å²) in [6.45, 7) is 8.42. The topological polar surface area (TPSA) is 76.0 Å². The minimum atomic E-state index is -0.382. The van der Waals surface area contributed by atoms with Crippen LogP contribution < -0.4 is 0 Å². The number of esters is 1. The van der Waals surface area contributed by atoms with E-state index >= 15 is 0 Å². The van der Waals surface area contributed by atoms with E-state index in [0.717, 1.165) is 40.3 Å². The second-order valence-electron chi connectivity index (χ2n) is 7.42. The first-order valence-corrected chi connectivity index (χ1v) is 13.9. The normalized spacial score (nSPS) is 15.2. The van der Waals surface area contributed by atoms with Crippen molar-refractivity contribution in [3.05, 3.63) is 63.0 Å². The molecule has 6 nitrogen and oxygen atoms in total. The Balaban J connectivity index is 0.00000158. The summed E-state index contributed by atoms with van der Waals surface area (Å²) < 4.78 is 5.39. The number of hydrogen-bond donors (Lipinski definition) is 0. The first-order chi connectivity index (χ1) is 16.6. The van der Waals surface area contributed by atoms with Gasteiger partial charge in [-0.3, -0.25) is 14.5 Å². The number of ether oxygens (including phenoxy) is 1. The van der Waals surface area contributed by atoms with Crippen LogP contribution in [0.2, 0.25) is 0 Å².